The van der Waals surface area contributed by atoms with Crippen molar-refractivity contribution in [2.45, 2.75) is 38.6 Å². The number of hydrogen-bond donors (Lipinski definition) is 2. The molecular formula is C16H22N2S. The summed E-state index contributed by atoms with van der Waals surface area (Å²) in [5.74, 6) is 5.71. The van der Waals surface area contributed by atoms with Gasteiger partial charge in [-0.2, -0.15) is 0 Å². The number of thiophene rings is 1. The maximum absolute atomic E-state index is 5.71. The highest BCUT2D eigenvalue weighted by molar-refractivity contribution is 7.09. The van der Waals surface area contributed by atoms with Crippen LogP contribution in [0.3, 0.4) is 0 Å². The topological polar surface area (TPSA) is 38.0 Å². The number of hydrazine groups is 1. The van der Waals surface area contributed by atoms with Gasteiger partial charge in [0, 0.05) is 10.9 Å². The normalized spacial score (nSPS) is 12.5. The average molecular weight is 274 g/mol. The molecule has 1 aromatic carbocycles. The summed E-state index contributed by atoms with van der Waals surface area (Å²) in [7, 11) is 0. The van der Waals surface area contributed by atoms with Crippen molar-refractivity contribution >= 4 is 11.3 Å². The fraction of sp³-hybridized carbons (Fsp3) is 0.375. The number of hydrogen-bond acceptors (Lipinski definition) is 3. The Hall–Kier alpha value is -1.16. The zero-order valence-corrected chi connectivity index (χ0v) is 12.2. The fourth-order valence-corrected chi connectivity index (χ4v) is 3.06. The number of aryl methyl sites for hydroxylation is 2. The highest BCUT2D eigenvalue weighted by Crippen LogP contribution is 2.21. The van der Waals surface area contributed by atoms with Crippen LogP contribution >= 0.6 is 11.3 Å². The summed E-state index contributed by atoms with van der Waals surface area (Å²) in [6.45, 7) is 2.18. The third kappa shape index (κ3) is 4.16. The standard InChI is InChI=1S/C16H22N2S/c1-2-13-6-3-7-14(12-13)16(18-17)10-4-8-15-9-5-11-19-15/h3,5-7,9,11-12,16,18H,2,4,8,10,17H2,1H3. The van der Waals surface area contributed by atoms with E-state index in [4.69, 9.17) is 5.84 Å². The molecule has 1 atom stereocenters. The second kappa shape index (κ2) is 7.43. The van der Waals surface area contributed by atoms with Crippen molar-refractivity contribution in [2.75, 3.05) is 0 Å². The lowest BCUT2D eigenvalue weighted by molar-refractivity contribution is 0.499. The molecule has 0 bridgehead atoms. The molecule has 0 spiro atoms. The Morgan fingerprint density at radius 1 is 1.26 bits per heavy atom. The first-order valence-corrected chi connectivity index (χ1v) is 7.78. The van der Waals surface area contributed by atoms with Crippen molar-refractivity contribution in [3.8, 4) is 0 Å². The molecule has 1 aromatic heterocycles. The van der Waals surface area contributed by atoms with E-state index in [0.717, 1.165) is 25.7 Å². The molecular weight excluding hydrogens is 252 g/mol. The zero-order chi connectivity index (χ0) is 13.5. The largest absolute Gasteiger partial charge is 0.271 e. The molecule has 0 saturated carbocycles. The van der Waals surface area contributed by atoms with Crippen LogP contribution in [0.4, 0.5) is 0 Å². The van der Waals surface area contributed by atoms with Crippen molar-refractivity contribution in [1.82, 2.24) is 5.43 Å². The van der Waals surface area contributed by atoms with Crippen molar-refractivity contribution in [3.05, 3.63) is 57.8 Å². The molecule has 1 unspecified atom stereocenters. The van der Waals surface area contributed by atoms with E-state index in [-0.39, 0.29) is 6.04 Å². The van der Waals surface area contributed by atoms with Crippen LogP contribution in [0.5, 0.6) is 0 Å². The first-order valence-electron chi connectivity index (χ1n) is 6.91. The maximum Gasteiger partial charge on any atom is 0.0460 e. The first-order chi connectivity index (χ1) is 9.33. The summed E-state index contributed by atoms with van der Waals surface area (Å²) in [4.78, 5) is 1.46. The van der Waals surface area contributed by atoms with Gasteiger partial charge in [-0.15, -0.1) is 11.3 Å². The molecule has 0 saturated heterocycles. The second-order valence-corrected chi connectivity index (χ2v) is 5.82. The quantitative estimate of drug-likeness (QED) is 0.594. The van der Waals surface area contributed by atoms with Crippen LogP contribution in [0.15, 0.2) is 41.8 Å². The van der Waals surface area contributed by atoms with E-state index in [1.54, 1.807) is 0 Å². The third-order valence-corrected chi connectivity index (χ3v) is 4.40. The molecule has 0 aliphatic heterocycles. The number of rotatable bonds is 7. The Labute approximate surface area is 119 Å². The lowest BCUT2D eigenvalue weighted by atomic mass is 9.99. The number of benzene rings is 1. The van der Waals surface area contributed by atoms with Gasteiger partial charge in [-0.3, -0.25) is 11.3 Å². The molecule has 102 valence electrons. The maximum atomic E-state index is 5.71. The lowest BCUT2D eigenvalue weighted by Gasteiger charge is -2.17. The molecule has 3 N–H and O–H groups in total. The predicted molar refractivity (Wildman–Crippen MR) is 83.1 cm³/mol. The Morgan fingerprint density at radius 3 is 2.84 bits per heavy atom. The van der Waals surface area contributed by atoms with Crippen molar-refractivity contribution in [2.24, 2.45) is 5.84 Å². The second-order valence-electron chi connectivity index (χ2n) is 4.79. The van der Waals surface area contributed by atoms with Crippen LogP contribution in [-0.4, -0.2) is 0 Å². The number of nitrogens with two attached hydrogens (primary N) is 1. The van der Waals surface area contributed by atoms with Gasteiger partial charge in [0.25, 0.3) is 0 Å². The Balaban J connectivity index is 1.91. The molecule has 0 aliphatic rings. The summed E-state index contributed by atoms with van der Waals surface area (Å²) in [5, 5.41) is 2.14. The van der Waals surface area contributed by atoms with Crippen LogP contribution in [0.2, 0.25) is 0 Å². The highest BCUT2D eigenvalue weighted by atomic mass is 32.1. The Bertz CT molecular complexity index is 479. The molecule has 0 amide bonds. The van der Waals surface area contributed by atoms with Gasteiger partial charge < -0.3 is 0 Å². The average Bonchev–Trinajstić information content (AvgIpc) is 2.97. The van der Waals surface area contributed by atoms with E-state index in [2.05, 4.69) is 54.1 Å². The van der Waals surface area contributed by atoms with Gasteiger partial charge in [-0.05, 0) is 48.3 Å². The number of nitrogens with one attached hydrogen (secondary N) is 1. The monoisotopic (exact) mass is 274 g/mol. The van der Waals surface area contributed by atoms with Gasteiger partial charge in [0.05, 0.1) is 0 Å². The third-order valence-electron chi connectivity index (χ3n) is 3.46. The Morgan fingerprint density at radius 2 is 2.16 bits per heavy atom. The predicted octanol–water partition coefficient (Wildman–Crippen LogP) is 3.84. The minimum absolute atomic E-state index is 0.256. The van der Waals surface area contributed by atoms with Crippen LogP contribution in [0.1, 0.15) is 41.8 Å². The van der Waals surface area contributed by atoms with Crippen molar-refractivity contribution in [3.63, 3.8) is 0 Å². The SMILES string of the molecule is CCc1cccc(C(CCCc2cccs2)NN)c1. The summed E-state index contributed by atoms with van der Waals surface area (Å²) < 4.78 is 0. The van der Waals surface area contributed by atoms with Crippen LogP contribution < -0.4 is 11.3 Å². The van der Waals surface area contributed by atoms with E-state index in [1.165, 1.54) is 16.0 Å². The highest BCUT2D eigenvalue weighted by Gasteiger charge is 2.09. The smallest absolute Gasteiger partial charge is 0.0460 e. The zero-order valence-electron chi connectivity index (χ0n) is 11.4. The van der Waals surface area contributed by atoms with Gasteiger partial charge in [0.1, 0.15) is 0 Å². The van der Waals surface area contributed by atoms with Gasteiger partial charge in [0.2, 0.25) is 0 Å². The molecule has 2 rings (SSSR count). The molecule has 2 aromatic rings. The van der Waals surface area contributed by atoms with E-state index in [0.29, 0.717) is 0 Å². The van der Waals surface area contributed by atoms with E-state index in [9.17, 15) is 0 Å². The molecule has 19 heavy (non-hydrogen) atoms. The minimum Gasteiger partial charge on any atom is -0.271 e. The summed E-state index contributed by atoms with van der Waals surface area (Å²) in [5.41, 5.74) is 5.62. The molecule has 0 radical (unpaired) electrons. The minimum atomic E-state index is 0.256. The van der Waals surface area contributed by atoms with E-state index < -0.39 is 0 Å². The molecule has 3 heteroatoms. The van der Waals surface area contributed by atoms with Gasteiger partial charge in [0.15, 0.2) is 0 Å². The van der Waals surface area contributed by atoms with Crippen LogP contribution in [0.25, 0.3) is 0 Å². The van der Waals surface area contributed by atoms with Gasteiger partial charge >= 0.3 is 0 Å². The molecule has 2 nitrogen and oxygen atoms in total. The fourth-order valence-electron chi connectivity index (χ4n) is 2.31. The van der Waals surface area contributed by atoms with E-state index in [1.807, 2.05) is 11.3 Å². The van der Waals surface area contributed by atoms with Crippen LogP contribution in [-0.2, 0) is 12.8 Å². The summed E-state index contributed by atoms with van der Waals surface area (Å²) >= 11 is 1.83. The molecule has 1 heterocycles. The summed E-state index contributed by atoms with van der Waals surface area (Å²) in [6.07, 6.45) is 4.44. The lowest BCUT2D eigenvalue weighted by Crippen LogP contribution is -2.28. The van der Waals surface area contributed by atoms with E-state index >= 15 is 0 Å². The Kier molecular flexibility index (Phi) is 5.58. The van der Waals surface area contributed by atoms with Crippen molar-refractivity contribution < 1.29 is 0 Å². The van der Waals surface area contributed by atoms with Gasteiger partial charge in [-0.1, -0.05) is 37.3 Å². The van der Waals surface area contributed by atoms with Gasteiger partial charge in [-0.25, -0.2) is 0 Å². The van der Waals surface area contributed by atoms with Crippen LogP contribution in [0, 0.1) is 0 Å². The summed E-state index contributed by atoms with van der Waals surface area (Å²) in [6, 6.07) is 13.3. The molecule has 0 aliphatic carbocycles. The molecule has 0 fully saturated rings. The first kappa shape index (κ1) is 14.3. The van der Waals surface area contributed by atoms with Crippen molar-refractivity contribution in [1.29, 1.82) is 0 Å².